The molecule has 2 aromatic carbocycles. The third-order valence-corrected chi connectivity index (χ3v) is 4.99. The Morgan fingerprint density at radius 2 is 1.88 bits per heavy atom. The summed E-state index contributed by atoms with van der Waals surface area (Å²) in [5, 5.41) is 18.4. The molecule has 128 valence electrons. The minimum Gasteiger partial charge on any atom is -0.505 e. The van der Waals surface area contributed by atoms with E-state index >= 15 is 0 Å². The summed E-state index contributed by atoms with van der Waals surface area (Å²) in [7, 11) is -4.12. The highest BCUT2D eigenvalue weighted by Crippen LogP contribution is 2.35. The van der Waals surface area contributed by atoms with Gasteiger partial charge in [0.15, 0.2) is 5.75 Å². The monoisotopic (exact) mass is 389 g/mol. The molecule has 2 aromatic rings. The molecule has 24 heavy (non-hydrogen) atoms. The largest absolute Gasteiger partial charge is 0.505 e. The summed E-state index contributed by atoms with van der Waals surface area (Å²) in [6, 6.07) is 8.62. The molecule has 0 aliphatic rings. The van der Waals surface area contributed by atoms with Crippen LogP contribution in [0.4, 0.5) is 5.69 Å². The van der Waals surface area contributed by atoms with E-state index < -0.39 is 26.6 Å². The number of aliphatic carboxylic acids is 1. The number of benzene rings is 2. The molecule has 2 rings (SSSR count). The van der Waals surface area contributed by atoms with E-state index in [-0.39, 0.29) is 28.6 Å². The molecule has 0 amide bonds. The first kappa shape index (κ1) is 18.4. The highest BCUT2D eigenvalue weighted by molar-refractivity contribution is 7.92. The number of hydrogen-bond acceptors (Lipinski definition) is 4. The number of phenolic OH excluding ortho intramolecular Hbond substituents is 1. The molecule has 0 saturated carbocycles. The van der Waals surface area contributed by atoms with Gasteiger partial charge in [-0.1, -0.05) is 35.3 Å². The van der Waals surface area contributed by atoms with Crippen molar-refractivity contribution in [3.05, 3.63) is 52.0 Å². The maximum atomic E-state index is 12.4. The predicted octanol–water partition coefficient (Wildman–Crippen LogP) is 3.52. The minimum atomic E-state index is -4.12. The van der Waals surface area contributed by atoms with Gasteiger partial charge in [-0.15, -0.1) is 0 Å². The quantitative estimate of drug-likeness (QED) is 0.700. The first-order valence-electron chi connectivity index (χ1n) is 6.70. The average molecular weight is 390 g/mol. The van der Waals surface area contributed by atoms with Crippen LogP contribution in [0, 0.1) is 0 Å². The number of anilines is 1. The normalized spacial score (nSPS) is 11.2. The van der Waals surface area contributed by atoms with Crippen LogP contribution in [0.5, 0.6) is 5.75 Å². The standard InChI is InChI=1S/C15H13Cl2NO5S/c16-10-7-12(17)15(21)13(8-10)24(22,23)18-11-3-1-2-9(6-11)4-5-14(19)20/h1-3,6-8,18,21H,4-5H2,(H,19,20). The molecule has 0 radical (unpaired) electrons. The zero-order valence-electron chi connectivity index (χ0n) is 12.2. The second-order valence-corrected chi connectivity index (χ2v) is 7.43. The Hall–Kier alpha value is -1.96. The molecule has 0 spiro atoms. The zero-order valence-corrected chi connectivity index (χ0v) is 14.5. The van der Waals surface area contributed by atoms with Crippen LogP contribution in [0.1, 0.15) is 12.0 Å². The van der Waals surface area contributed by atoms with E-state index in [0.717, 1.165) is 6.07 Å². The van der Waals surface area contributed by atoms with Crippen LogP contribution < -0.4 is 4.72 Å². The van der Waals surface area contributed by atoms with Crippen molar-refractivity contribution in [2.24, 2.45) is 0 Å². The summed E-state index contributed by atoms with van der Waals surface area (Å²) in [6.45, 7) is 0. The molecule has 0 heterocycles. The van der Waals surface area contributed by atoms with E-state index in [0.29, 0.717) is 5.56 Å². The third-order valence-electron chi connectivity index (χ3n) is 3.09. The number of sulfonamides is 1. The number of phenols is 1. The van der Waals surface area contributed by atoms with E-state index in [4.69, 9.17) is 28.3 Å². The number of hydrogen-bond donors (Lipinski definition) is 3. The number of nitrogens with one attached hydrogen (secondary N) is 1. The van der Waals surface area contributed by atoms with E-state index in [1.165, 1.54) is 18.2 Å². The number of halogens is 2. The molecule has 0 bridgehead atoms. The summed E-state index contributed by atoms with van der Waals surface area (Å²) in [5.74, 6) is -1.55. The van der Waals surface area contributed by atoms with Crippen molar-refractivity contribution in [3.8, 4) is 5.75 Å². The van der Waals surface area contributed by atoms with Crippen molar-refractivity contribution < 1.29 is 23.4 Å². The van der Waals surface area contributed by atoms with Gasteiger partial charge in [-0.05, 0) is 36.2 Å². The van der Waals surface area contributed by atoms with E-state index in [1.54, 1.807) is 12.1 Å². The summed E-state index contributed by atoms with van der Waals surface area (Å²) in [6.07, 6.45) is 0.194. The molecule has 0 atom stereocenters. The number of carbonyl (C=O) groups is 1. The van der Waals surface area contributed by atoms with Crippen LogP contribution in [0.2, 0.25) is 10.0 Å². The summed E-state index contributed by atoms with van der Waals surface area (Å²) >= 11 is 11.5. The molecule has 3 N–H and O–H groups in total. The van der Waals surface area contributed by atoms with E-state index in [2.05, 4.69) is 4.72 Å². The maximum Gasteiger partial charge on any atom is 0.303 e. The summed E-state index contributed by atoms with van der Waals surface area (Å²) < 4.78 is 27.1. The molecule has 9 heteroatoms. The van der Waals surface area contributed by atoms with Crippen LogP contribution >= 0.6 is 23.2 Å². The Balaban J connectivity index is 2.30. The lowest BCUT2D eigenvalue weighted by Crippen LogP contribution is -2.13. The minimum absolute atomic E-state index is 0.0633. The molecule has 6 nitrogen and oxygen atoms in total. The van der Waals surface area contributed by atoms with Crippen molar-refractivity contribution in [1.29, 1.82) is 0 Å². The summed E-state index contributed by atoms with van der Waals surface area (Å²) in [5.41, 5.74) is 0.888. The molecule has 0 aliphatic carbocycles. The predicted molar refractivity (Wildman–Crippen MR) is 91.3 cm³/mol. The van der Waals surface area contributed by atoms with Gasteiger partial charge in [-0.3, -0.25) is 9.52 Å². The Morgan fingerprint density at radius 1 is 1.17 bits per heavy atom. The first-order chi connectivity index (χ1) is 11.2. The second kappa shape index (κ2) is 7.29. The van der Waals surface area contributed by atoms with E-state index in [1.807, 2.05) is 0 Å². The molecule has 0 unspecified atom stereocenters. The zero-order chi connectivity index (χ0) is 17.9. The smallest absolute Gasteiger partial charge is 0.303 e. The van der Waals surface area contributed by atoms with Crippen molar-refractivity contribution >= 4 is 44.9 Å². The number of rotatable bonds is 6. The van der Waals surface area contributed by atoms with Gasteiger partial charge < -0.3 is 10.2 Å². The average Bonchev–Trinajstić information content (AvgIpc) is 2.48. The molecule has 0 fully saturated rings. The second-order valence-electron chi connectivity index (χ2n) is 4.93. The fourth-order valence-electron chi connectivity index (χ4n) is 2.00. The molecular weight excluding hydrogens is 377 g/mol. The van der Waals surface area contributed by atoms with Gasteiger partial charge in [0, 0.05) is 17.1 Å². The van der Waals surface area contributed by atoms with Gasteiger partial charge in [0.1, 0.15) is 4.90 Å². The van der Waals surface area contributed by atoms with Crippen LogP contribution in [-0.4, -0.2) is 24.6 Å². The number of aryl methyl sites for hydroxylation is 1. The third kappa shape index (κ3) is 4.53. The van der Waals surface area contributed by atoms with Crippen LogP contribution in [0.15, 0.2) is 41.3 Å². The number of carboxylic acids is 1. The van der Waals surface area contributed by atoms with Gasteiger partial charge in [0.2, 0.25) is 0 Å². The lowest BCUT2D eigenvalue weighted by molar-refractivity contribution is -0.136. The van der Waals surface area contributed by atoms with Crippen LogP contribution in [-0.2, 0) is 21.2 Å². The topological polar surface area (TPSA) is 104 Å². The Labute approximate surface area is 148 Å². The van der Waals surface area contributed by atoms with Crippen molar-refractivity contribution in [2.75, 3.05) is 4.72 Å². The molecule has 0 aromatic heterocycles. The fraction of sp³-hybridized carbons (Fsp3) is 0.133. The van der Waals surface area contributed by atoms with Gasteiger partial charge in [0.05, 0.1) is 5.02 Å². The Bertz CT molecular complexity index is 883. The highest BCUT2D eigenvalue weighted by Gasteiger charge is 2.22. The molecule has 0 aliphatic heterocycles. The van der Waals surface area contributed by atoms with Crippen LogP contribution in [0.25, 0.3) is 0 Å². The SMILES string of the molecule is O=C(O)CCc1cccc(NS(=O)(=O)c2cc(Cl)cc(Cl)c2O)c1. The molecular formula is C15H13Cl2NO5S. The van der Waals surface area contributed by atoms with Crippen molar-refractivity contribution in [2.45, 2.75) is 17.7 Å². The van der Waals surface area contributed by atoms with E-state index in [9.17, 15) is 18.3 Å². The number of aromatic hydroxyl groups is 1. The lowest BCUT2D eigenvalue weighted by atomic mass is 10.1. The van der Waals surface area contributed by atoms with Gasteiger partial charge >= 0.3 is 5.97 Å². The first-order valence-corrected chi connectivity index (χ1v) is 8.94. The highest BCUT2D eigenvalue weighted by atomic mass is 35.5. The number of carboxylic acid groups (broad SMARTS) is 1. The summed E-state index contributed by atoms with van der Waals surface area (Å²) in [4.78, 5) is 10.2. The maximum absolute atomic E-state index is 12.4. The van der Waals surface area contributed by atoms with Crippen molar-refractivity contribution in [1.82, 2.24) is 0 Å². The van der Waals surface area contributed by atoms with Crippen LogP contribution in [0.3, 0.4) is 0 Å². The molecule has 0 saturated heterocycles. The lowest BCUT2D eigenvalue weighted by Gasteiger charge is -2.11. The van der Waals surface area contributed by atoms with Gasteiger partial charge in [0.25, 0.3) is 10.0 Å². The van der Waals surface area contributed by atoms with Gasteiger partial charge in [-0.2, -0.15) is 0 Å². The fourth-order valence-corrected chi connectivity index (χ4v) is 3.81. The van der Waals surface area contributed by atoms with Gasteiger partial charge in [-0.25, -0.2) is 8.42 Å². The van der Waals surface area contributed by atoms with Crippen molar-refractivity contribution in [3.63, 3.8) is 0 Å². The Kier molecular flexibility index (Phi) is 5.58. The Morgan fingerprint density at radius 3 is 2.54 bits per heavy atom.